The Morgan fingerprint density at radius 3 is 2.71 bits per heavy atom. The van der Waals surface area contributed by atoms with Crippen LogP contribution in [0.1, 0.15) is 20.3 Å². The second-order valence-corrected chi connectivity index (χ2v) is 5.91. The van der Waals surface area contributed by atoms with Crippen LogP contribution in [-0.4, -0.2) is 32.3 Å². The monoisotopic (exact) mass is 217 g/mol. The average Bonchev–Trinajstić information content (AvgIpc) is 2.49. The molecule has 80 valence electrons. The zero-order valence-corrected chi connectivity index (χ0v) is 9.19. The summed E-state index contributed by atoms with van der Waals surface area (Å²) in [5, 5.41) is 10.6. The highest BCUT2D eigenvalue weighted by atomic mass is 32.2. The maximum Gasteiger partial charge on any atom is 0.228 e. The highest BCUT2D eigenvalue weighted by molar-refractivity contribution is 7.90. The van der Waals surface area contributed by atoms with Crippen molar-refractivity contribution in [2.24, 2.45) is 0 Å². The summed E-state index contributed by atoms with van der Waals surface area (Å²) in [5.74, 6) is 0. The first-order chi connectivity index (χ1) is 6.40. The quantitative estimate of drug-likeness (QED) is 0.672. The third kappa shape index (κ3) is 2.44. The molecule has 0 aliphatic carbocycles. The first kappa shape index (κ1) is 11.4. The van der Waals surface area contributed by atoms with Crippen LogP contribution in [0.2, 0.25) is 0 Å². The van der Waals surface area contributed by atoms with Gasteiger partial charge in [-0.3, -0.25) is 0 Å². The average molecular weight is 217 g/mol. The molecule has 0 bridgehead atoms. The predicted molar refractivity (Wildman–Crippen MR) is 53.0 cm³/mol. The molecule has 1 aliphatic rings. The molecule has 0 aromatic heterocycles. The third-order valence-electron chi connectivity index (χ3n) is 2.40. The molecule has 6 heteroatoms. The summed E-state index contributed by atoms with van der Waals surface area (Å²) in [4.78, 5) is 0. The number of nitriles is 1. The van der Waals surface area contributed by atoms with E-state index in [1.807, 2.05) is 6.92 Å². The van der Waals surface area contributed by atoms with Crippen molar-refractivity contribution in [2.75, 3.05) is 13.1 Å². The fourth-order valence-electron chi connectivity index (χ4n) is 1.41. The zero-order chi connectivity index (χ0) is 10.8. The Kier molecular flexibility index (Phi) is 3.14. The molecule has 14 heavy (non-hydrogen) atoms. The van der Waals surface area contributed by atoms with Crippen LogP contribution in [0.15, 0.2) is 0 Å². The summed E-state index contributed by atoms with van der Waals surface area (Å²) in [6, 6.07) is 1.73. The molecule has 2 N–H and O–H groups in total. The van der Waals surface area contributed by atoms with Crippen molar-refractivity contribution in [1.29, 1.82) is 5.26 Å². The highest BCUT2D eigenvalue weighted by Crippen LogP contribution is 2.15. The molecule has 2 unspecified atom stereocenters. The van der Waals surface area contributed by atoms with Crippen LogP contribution in [0.5, 0.6) is 0 Å². The van der Waals surface area contributed by atoms with Gasteiger partial charge in [-0.25, -0.2) is 13.1 Å². The summed E-state index contributed by atoms with van der Waals surface area (Å²) in [6.45, 7) is 4.65. The Morgan fingerprint density at radius 1 is 1.64 bits per heavy atom. The molecule has 0 radical (unpaired) electrons. The maximum atomic E-state index is 11.6. The summed E-state index contributed by atoms with van der Waals surface area (Å²) in [7, 11) is -3.50. The van der Waals surface area contributed by atoms with E-state index in [4.69, 9.17) is 5.26 Å². The number of nitrogens with one attached hydrogen (secondary N) is 2. The molecule has 5 nitrogen and oxygen atoms in total. The maximum absolute atomic E-state index is 11.6. The van der Waals surface area contributed by atoms with Crippen LogP contribution in [0.3, 0.4) is 0 Å². The smallest absolute Gasteiger partial charge is 0.228 e. The van der Waals surface area contributed by atoms with Gasteiger partial charge in [-0.15, -0.1) is 0 Å². The van der Waals surface area contributed by atoms with E-state index in [0.29, 0.717) is 6.54 Å². The molecule has 1 rings (SSSR count). The van der Waals surface area contributed by atoms with E-state index >= 15 is 0 Å². The van der Waals surface area contributed by atoms with Gasteiger partial charge in [0.05, 0.1) is 6.07 Å². The van der Waals surface area contributed by atoms with E-state index in [1.165, 1.54) is 6.92 Å². The second kappa shape index (κ2) is 3.85. The third-order valence-corrected chi connectivity index (χ3v) is 4.22. The zero-order valence-electron chi connectivity index (χ0n) is 8.37. The molecule has 1 aliphatic heterocycles. The number of sulfonamides is 1. The minimum atomic E-state index is -3.50. The first-order valence-corrected chi connectivity index (χ1v) is 6.07. The molecule has 0 aromatic carbocycles. The predicted octanol–water partition coefficient (Wildman–Crippen LogP) is -0.430. The van der Waals surface area contributed by atoms with Crippen molar-refractivity contribution >= 4 is 10.0 Å². The van der Waals surface area contributed by atoms with Crippen LogP contribution in [0.4, 0.5) is 0 Å². The second-order valence-electron chi connectivity index (χ2n) is 3.91. The van der Waals surface area contributed by atoms with Crippen LogP contribution >= 0.6 is 0 Å². The minimum Gasteiger partial charge on any atom is -0.315 e. The molecular formula is C8H15N3O2S. The van der Waals surface area contributed by atoms with Gasteiger partial charge in [0.1, 0.15) is 0 Å². The van der Waals surface area contributed by atoms with E-state index in [-0.39, 0.29) is 0 Å². The fourth-order valence-corrected chi connectivity index (χ4v) is 2.58. The molecule has 1 fully saturated rings. The van der Waals surface area contributed by atoms with Crippen LogP contribution in [0.25, 0.3) is 0 Å². The van der Waals surface area contributed by atoms with Gasteiger partial charge in [0.2, 0.25) is 10.0 Å². The lowest BCUT2D eigenvalue weighted by Crippen LogP contribution is -2.49. The van der Waals surface area contributed by atoms with Crippen LogP contribution < -0.4 is 10.0 Å². The van der Waals surface area contributed by atoms with Crippen molar-refractivity contribution in [3.05, 3.63) is 0 Å². The van der Waals surface area contributed by atoms with E-state index in [2.05, 4.69) is 10.0 Å². The van der Waals surface area contributed by atoms with Crippen molar-refractivity contribution < 1.29 is 8.42 Å². The lowest BCUT2D eigenvalue weighted by atomic mass is 10.0. The van der Waals surface area contributed by atoms with Gasteiger partial charge >= 0.3 is 0 Å². The van der Waals surface area contributed by atoms with Gasteiger partial charge in [-0.2, -0.15) is 5.26 Å². The number of rotatable bonds is 3. The number of nitrogens with zero attached hydrogens (tertiary/aromatic N) is 1. The van der Waals surface area contributed by atoms with Crippen molar-refractivity contribution in [1.82, 2.24) is 10.0 Å². The number of hydrogen-bond donors (Lipinski definition) is 2. The Bertz CT molecular complexity index is 338. The summed E-state index contributed by atoms with van der Waals surface area (Å²) < 4.78 is 25.7. The van der Waals surface area contributed by atoms with Crippen molar-refractivity contribution in [2.45, 2.75) is 31.1 Å². The van der Waals surface area contributed by atoms with Gasteiger partial charge < -0.3 is 5.32 Å². The molecule has 0 spiro atoms. The van der Waals surface area contributed by atoms with E-state index in [9.17, 15) is 8.42 Å². The first-order valence-electron chi connectivity index (χ1n) is 4.53. The Balaban J connectivity index is 2.73. The van der Waals surface area contributed by atoms with Gasteiger partial charge in [0.15, 0.2) is 5.25 Å². The topological polar surface area (TPSA) is 82.0 Å². The van der Waals surface area contributed by atoms with Gasteiger partial charge in [0.25, 0.3) is 0 Å². The van der Waals surface area contributed by atoms with Gasteiger partial charge in [-0.1, -0.05) is 0 Å². The standard InChI is InChI=1S/C8H15N3O2S/c1-7(5-9)14(12,13)11-8(2)3-4-10-6-8/h7,10-11H,3-4,6H2,1-2H3. The van der Waals surface area contributed by atoms with E-state index < -0.39 is 20.8 Å². The largest absolute Gasteiger partial charge is 0.315 e. The fraction of sp³-hybridized carbons (Fsp3) is 0.875. The molecular weight excluding hydrogens is 202 g/mol. The Labute approximate surface area is 84.5 Å². The number of hydrogen-bond acceptors (Lipinski definition) is 4. The SMILES string of the molecule is CC(C#N)S(=O)(=O)NC1(C)CCNC1. The molecule has 0 amide bonds. The lowest BCUT2D eigenvalue weighted by Gasteiger charge is -2.24. The van der Waals surface area contributed by atoms with Crippen LogP contribution in [0, 0.1) is 11.3 Å². The lowest BCUT2D eigenvalue weighted by molar-refractivity contribution is 0.450. The summed E-state index contributed by atoms with van der Waals surface area (Å²) in [5.41, 5.74) is -0.441. The van der Waals surface area contributed by atoms with E-state index in [1.54, 1.807) is 6.07 Å². The molecule has 2 atom stereocenters. The Morgan fingerprint density at radius 2 is 2.29 bits per heavy atom. The van der Waals surface area contributed by atoms with Crippen molar-refractivity contribution in [3.63, 3.8) is 0 Å². The van der Waals surface area contributed by atoms with Crippen LogP contribution in [-0.2, 0) is 10.0 Å². The molecule has 0 aromatic rings. The molecule has 0 saturated carbocycles. The van der Waals surface area contributed by atoms with Gasteiger partial charge in [-0.05, 0) is 26.8 Å². The van der Waals surface area contributed by atoms with E-state index in [0.717, 1.165) is 13.0 Å². The van der Waals surface area contributed by atoms with Crippen molar-refractivity contribution in [3.8, 4) is 6.07 Å². The minimum absolute atomic E-state index is 0.441. The normalized spacial score (nSPS) is 29.8. The highest BCUT2D eigenvalue weighted by Gasteiger charge is 2.34. The molecule has 1 heterocycles. The summed E-state index contributed by atoms with van der Waals surface area (Å²) in [6.07, 6.45) is 0.754. The molecule has 1 saturated heterocycles. The summed E-state index contributed by atoms with van der Waals surface area (Å²) >= 11 is 0. The van der Waals surface area contributed by atoms with Gasteiger partial charge in [0, 0.05) is 12.1 Å². The Hall–Kier alpha value is -0.640.